The van der Waals surface area contributed by atoms with E-state index in [0.29, 0.717) is 13.2 Å². The molecule has 1 aliphatic rings. The lowest BCUT2D eigenvalue weighted by Crippen LogP contribution is -2.30. The highest BCUT2D eigenvalue weighted by Crippen LogP contribution is 2.41. The van der Waals surface area contributed by atoms with E-state index < -0.39 is 11.4 Å². The molecule has 2 unspecified atom stereocenters. The van der Waals surface area contributed by atoms with Crippen molar-refractivity contribution in [2.75, 3.05) is 6.61 Å². The molecule has 2 atom stereocenters. The molecular formula is C25H28O3. The van der Waals surface area contributed by atoms with Gasteiger partial charge in [-0.3, -0.25) is 0 Å². The lowest BCUT2D eigenvalue weighted by Gasteiger charge is -2.28. The second-order valence-corrected chi connectivity index (χ2v) is 8.00. The van der Waals surface area contributed by atoms with Crippen LogP contribution in [0, 0.1) is 0 Å². The van der Waals surface area contributed by atoms with Gasteiger partial charge >= 0.3 is 0 Å². The van der Waals surface area contributed by atoms with Gasteiger partial charge in [-0.05, 0) is 53.9 Å². The van der Waals surface area contributed by atoms with E-state index in [0.717, 1.165) is 29.7 Å². The molecule has 0 spiro atoms. The topological polar surface area (TPSA) is 27.7 Å². The summed E-state index contributed by atoms with van der Waals surface area (Å²) in [4.78, 5) is 0. The minimum absolute atomic E-state index is 0.452. The van der Waals surface area contributed by atoms with Crippen LogP contribution in [0.25, 0.3) is 10.8 Å². The van der Waals surface area contributed by atoms with E-state index in [2.05, 4.69) is 68.4 Å². The van der Waals surface area contributed by atoms with Crippen LogP contribution in [-0.4, -0.2) is 12.4 Å². The Kier molecular flexibility index (Phi) is 5.13. The van der Waals surface area contributed by atoms with Crippen molar-refractivity contribution in [3.05, 3.63) is 77.9 Å². The molecule has 3 heteroatoms. The van der Waals surface area contributed by atoms with E-state index in [9.17, 15) is 0 Å². The number of fused-ring (bicyclic) bond motifs is 1. The molecule has 0 aliphatic carbocycles. The molecule has 0 saturated carbocycles. The Bertz CT molecular complexity index is 967. The standard InChI is InChI=1S/C25H28O3/c1-4-14-25(3)27-18-24(2,28-25)22-10-7-11-23(16-22)26-17-19-12-13-20-8-5-6-9-21(20)15-19/h5-13,15-16H,4,14,17-18H2,1-3H3. The molecule has 28 heavy (non-hydrogen) atoms. The van der Waals surface area contributed by atoms with E-state index in [1.165, 1.54) is 10.8 Å². The van der Waals surface area contributed by atoms with Crippen molar-refractivity contribution in [2.45, 2.75) is 51.6 Å². The van der Waals surface area contributed by atoms with Crippen LogP contribution in [0.4, 0.5) is 0 Å². The Balaban J connectivity index is 1.48. The summed E-state index contributed by atoms with van der Waals surface area (Å²) in [5.41, 5.74) is 1.79. The first-order chi connectivity index (χ1) is 13.5. The first kappa shape index (κ1) is 19.0. The van der Waals surface area contributed by atoms with E-state index in [4.69, 9.17) is 14.2 Å². The Morgan fingerprint density at radius 1 is 0.929 bits per heavy atom. The van der Waals surface area contributed by atoms with Crippen molar-refractivity contribution < 1.29 is 14.2 Å². The summed E-state index contributed by atoms with van der Waals surface area (Å²) in [5, 5.41) is 2.48. The normalized spacial score (nSPS) is 24.5. The van der Waals surface area contributed by atoms with Gasteiger partial charge in [0.1, 0.15) is 18.0 Å². The van der Waals surface area contributed by atoms with Crippen molar-refractivity contribution in [1.29, 1.82) is 0 Å². The van der Waals surface area contributed by atoms with Crippen LogP contribution < -0.4 is 4.74 Å². The molecular weight excluding hydrogens is 348 g/mol. The summed E-state index contributed by atoms with van der Waals surface area (Å²) in [7, 11) is 0. The summed E-state index contributed by atoms with van der Waals surface area (Å²) >= 11 is 0. The SMILES string of the molecule is CCCC1(C)OCC(C)(c2cccc(OCc3ccc4ccccc4c3)c2)O1. The zero-order valence-electron chi connectivity index (χ0n) is 16.9. The van der Waals surface area contributed by atoms with Gasteiger partial charge in [-0.1, -0.05) is 61.9 Å². The van der Waals surface area contributed by atoms with E-state index in [-0.39, 0.29) is 0 Å². The van der Waals surface area contributed by atoms with Crippen molar-refractivity contribution >= 4 is 10.8 Å². The maximum Gasteiger partial charge on any atom is 0.166 e. The highest BCUT2D eigenvalue weighted by Gasteiger charge is 2.45. The molecule has 3 nitrogen and oxygen atoms in total. The predicted molar refractivity (Wildman–Crippen MR) is 112 cm³/mol. The summed E-state index contributed by atoms with van der Waals surface area (Å²) in [5.74, 6) is 0.338. The Morgan fingerprint density at radius 3 is 2.57 bits per heavy atom. The molecule has 1 saturated heterocycles. The maximum absolute atomic E-state index is 6.35. The van der Waals surface area contributed by atoms with Crippen molar-refractivity contribution in [2.24, 2.45) is 0 Å². The third-order valence-corrected chi connectivity index (χ3v) is 5.46. The average molecular weight is 376 g/mol. The molecule has 0 radical (unpaired) electrons. The monoisotopic (exact) mass is 376 g/mol. The van der Waals surface area contributed by atoms with Crippen LogP contribution in [-0.2, 0) is 21.7 Å². The second kappa shape index (κ2) is 7.57. The maximum atomic E-state index is 6.35. The molecule has 0 aromatic heterocycles. The molecule has 1 heterocycles. The number of hydrogen-bond donors (Lipinski definition) is 0. The highest BCUT2D eigenvalue weighted by molar-refractivity contribution is 5.82. The quantitative estimate of drug-likeness (QED) is 0.513. The Morgan fingerprint density at radius 2 is 1.75 bits per heavy atom. The zero-order valence-corrected chi connectivity index (χ0v) is 16.9. The fourth-order valence-electron chi connectivity index (χ4n) is 3.96. The van der Waals surface area contributed by atoms with Gasteiger partial charge in [-0.2, -0.15) is 0 Å². The van der Waals surface area contributed by atoms with Gasteiger partial charge in [0.2, 0.25) is 0 Å². The number of ether oxygens (including phenoxy) is 3. The number of benzene rings is 3. The molecule has 146 valence electrons. The summed E-state index contributed by atoms with van der Waals surface area (Å²) in [6, 6.07) is 23.0. The van der Waals surface area contributed by atoms with Gasteiger partial charge in [0.25, 0.3) is 0 Å². The summed E-state index contributed by atoms with van der Waals surface area (Å²) in [6.07, 6.45) is 1.92. The minimum Gasteiger partial charge on any atom is -0.489 e. The summed E-state index contributed by atoms with van der Waals surface area (Å²) < 4.78 is 18.4. The molecule has 4 rings (SSSR count). The molecule has 0 N–H and O–H groups in total. The van der Waals surface area contributed by atoms with Gasteiger partial charge in [0.05, 0.1) is 6.61 Å². The van der Waals surface area contributed by atoms with Crippen LogP contribution in [0.2, 0.25) is 0 Å². The van der Waals surface area contributed by atoms with Gasteiger partial charge in [0, 0.05) is 6.42 Å². The van der Waals surface area contributed by atoms with Gasteiger partial charge in [-0.25, -0.2) is 0 Å². The smallest absolute Gasteiger partial charge is 0.166 e. The molecule has 3 aromatic rings. The fraction of sp³-hybridized carbons (Fsp3) is 0.360. The van der Waals surface area contributed by atoms with E-state index in [1.807, 2.05) is 19.1 Å². The highest BCUT2D eigenvalue weighted by atomic mass is 16.8. The lowest BCUT2D eigenvalue weighted by molar-refractivity contribution is -0.177. The minimum atomic E-state index is -0.508. The summed E-state index contributed by atoms with van der Waals surface area (Å²) in [6.45, 7) is 7.36. The average Bonchev–Trinajstić information content (AvgIpc) is 3.03. The first-order valence-corrected chi connectivity index (χ1v) is 10.0. The van der Waals surface area contributed by atoms with Crippen LogP contribution in [0.5, 0.6) is 5.75 Å². The van der Waals surface area contributed by atoms with Crippen LogP contribution in [0.15, 0.2) is 66.7 Å². The predicted octanol–water partition coefficient (Wildman–Crippen LogP) is 6.20. The van der Waals surface area contributed by atoms with E-state index >= 15 is 0 Å². The molecule has 3 aromatic carbocycles. The molecule has 0 amide bonds. The Labute approximate surface area is 167 Å². The molecule has 1 fully saturated rings. The fourth-order valence-corrected chi connectivity index (χ4v) is 3.96. The third-order valence-electron chi connectivity index (χ3n) is 5.46. The van der Waals surface area contributed by atoms with Crippen LogP contribution >= 0.6 is 0 Å². The first-order valence-electron chi connectivity index (χ1n) is 10.0. The Hall–Kier alpha value is -2.36. The van der Waals surface area contributed by atoms with Crippen molar-refractivity contribution in [3.63, 3.8) is 0 Å². The van der Waals surface area contributed by atoms with Crippen molar-refractivity contribution in [3.8, 4) is 5.75 Å². The van der Waals surface area contributed by atoms with Gasteiger partial charge in [-0.15, -0.1) is 0 Å². The lowest BCUT2D eigenvalue weighted by atomic mass is 9.96. The van der Waals surface area contributed by atoms with Crippen molar-refractivity contribution in [1.82, 2.24) is 0 Å². The van der Waals surface area contributed by atoms with Crippen LogP contribution in [0.1, 0.15) is 44.7 Å². The molecule has 0 bridgehead atoms. The number of hydrogen-bond acceptors (Lipinski definition) is 3. The van der Waals surface area contributed by atoms with Gasteiger partial charge in [0.15, 0.2) is 5.79 Å². The largest absolute Gasteiger partial charge is 0.489 e. The third kappa shape index (κ3) is 3.91. The second-order valence-electron chi connectivity index (χ2n) is 8.00. The van der Waals surface area contributed by atoms with E-state index in [1.54, 1.807) is 0 Å². The van der Waals surface area contributed by atoms with Gasteiger partial charge < -0.3 is 14.2 Å². The molecule has 1 aliphatic heterocycles. The van der Waals surface area contributed by atoms with Crippen LogP contribution in [0.3, 0.4) is 0 Å². The zero-order chi connectivity index (χ0) is 19.6. The number of rotatable bonds is 6.